The molecule has 23 heavy (non-hydrogen) atoms. The van der Waals surface area contributed by atoms with Gasteiger partial charge in [-0.2, -0.15) is 0 Å². The van der Waals surface area contributed by atoms with Gasteiger partial charge in [0.25, 0.3) is 0 Å². The average Bonchev–Trinajstić information content (AvgIpc) is 2.52. The topological polar surface area (TPSA) is 9.23 Å². The van der Waals surface area contributed by atoms with Gasteiger partial charge in [0.1, 0.15) is 6.61 Å². The first-order valence-electron chi connectivity index (χ1n) is 6.94. The van der Waals surface area contributed by atoms with Crippen molar-refractivity contribution in [2.45, 2.75) is 6.61 Å². The van der Waals surface area contributed by atoms with E-state index < -0.39 is 12.4 Å². The zero-order valence-corrected chi connectivity index (χ0v) is 15.8. The Hall–Kier alpha value is -0.789. The number of fused-ring (bicyclic) bond motifs is 1. The third-order valence-electron chi connectivity index (χ3n) is 3.50. The van der Waals surface area contributed by atoms with Crippen molar-refractivity contribution in [1.82, 2.24) is 0 Å². The Morgan fingerprint density at radius 1 is 0.783 bits per heavy atom. The minimum Gasteiger partial charge on any atom is -0.492 e. The zero-order valence-electron chi connectivity index (χ0n) is 12.7. The van der Waals surface area contributed by atoms with E-state index in [9.17, 15) is 12.9 Å². The van der Waals surface area contributed by atoms with Crippen LogP contribution in [0.2, 0.25) is 0 Å². The van der Waals surface area contributed by atoms with Gasteiger partial charge in [-0.05, 0) is 22.4 Å². The molecule has 3 aromatic carbocycles. The SMILES string of the molecule is F[B-](F)(F)c1c(OCc2ccccc2)ccc2ccccc12.[K+]. The van der Waals surface area contributed by atoms with Crippen LogP contribution in [0, 0.1) is 0 Å². The monoisotopic (exact) mass is 340 g/mol. The fraction of sp³-hybridized carbons (Fsp3) is 0.0588. The van der Waals surface area contributed by atoms with Gasteiger partial charge in [-0.15, -0.1) is 0 Å². The first-order chi connectivity index (χ1) is 10.6. The van der Waals surface area contributed by atoms with Crippen LogP contribution in [0.1, 0.15) is 5.56 Å². The van der Waals surface area contributed by atoms with E-state index in [0.29, 0.717) is 5.39 Å². The predicted octanol–water partition coefficient (Wildman–Crippen LogP) is 1.48. The van der Waals surface area contributed by atoms with Crippen molar-refractivity contribution in [1.29, 1.82) is 0 Å². The van der Waals surface area contributed by atoms with Crippen molar-refractivity contribution in [3.8, 4) is 5.75 Å². The van der Waals surface area contributed by atoms with Gasteiger partial charge < -0.3 is 17.7 Å². The van der Waals surface area contributed by atoms with Crippen molar-refractivity contribution >= 4 is 23.2 Å². The molecule has 0 heterocycles. The van der Waals surface area contributed by atoms with Crippen molar-refractivity contribution < 1.29 is 69.1 Å². The molecule has 0 aliphatic rings. The second kappa shape index (κ2) is 7.86. The molecule has 0 amide bonds. The molecule has 0 aliphatic carbocycles. The first-order valence-corrected chi connectivity index (χ1v) is 6.94. The van der Waals surface area contributed by atoms with Crippen LogP contribution in [0.15, 0.2) is 66.7 Å². The van der Waals surface area contributed by atoms with Gasteiger partial charge in [-0.1, -0.05) is 66.1 Å². The van der Waals surface area contributed by atoms with E-state index in [2.05, 4.69) is 0 Å². The molecule has 0 aliphatic heterocycles. The molecule has 0 atom stereocenters. The summed E-state index contributed by atoms with van der Waals surface area (Å²) in [6.45, 7) is -5.05. The summed E-state index contributed by atoms with van der Waals surface area (Å²) in [6, 6.07) is 18.7. The summed E-state index contributed by atoms with van der Waals surface area (Å²) in [6.07, 6.45) is 0. The number of ether oxygens (including phenoxy) is 1. The van der Waals surface area contributed by atoms with Crippen molar-refractivity contribution in [2.75, 3.05) is 0 Å². The van der Waals surface area contributed by atoms with Gasteiger partial charge in [0.2, 0.25) is 0 Å². The van der Waals surface area contributed by atoms with Crippen LogP contribution in [-0.4, -0.2) is 6.98 Å². The van der Waals surface area contributed by atoms with Crippen molar-refractivity contribution in [3.63, 3.8) is 0 Å². The molecule has 3 aromatic rings. The Morgan fingerprint density at radius 2 is 1.43 bits per heavy atom. The Kier molecular flexibility index (Phi) is 6.34. The maximum absolute atomic E-state index is 13.5. The normalized spacial score (nSPS) is 11.1. The van der Waals surface area contributed by atoms with Gasteiger partial charge in [0.05, 0.1) is 5.75 Å². The third kappa shape index (κ3) is 4.39. The Labute approximate surface area is 175 Å². The molecule has 0 saturated carbocycles. The Bertz CT molecular complexity index is 791. The molecule has 3 rings (SSSR count). The Balaban J connectivity index is 0.00000192. The zero-order chi connectivity index (χ0) is 15.6. The smallest absolute Gasteiger partial charge is 0.492 e. The summed E-state index contributed by atoms with van der Waals surface area (Å²) in [5.41, 5.74) is 0.172. The molecule has 112 valence electrons. The fourth-order valence-electron chi connectivity index (χ4n) is 2.47. The minimum absolute atomic E-state index is 0. The van der Waals surface area contributed by atoms with Crippen molar-refractivity contribution in [2.24, 2.45) is 0 Å². The van der Waals surface area contributed by atoms with Crippen LogP contribution in [0.3, 0.4) is 0 Å². The van der Waals surface area contributed by atoms with Crippen LogP contribution in [0.25, 0.3) is 10.8 Å². The quantitative estimate of drug-likeness (QED) is 0.654. The summed E-state index contributed by atoms with van der Waals surface area (Å²) in [7, 11) is 0. The average molecular weight is 340 g/mol. The molecule has 0 unspecified atom stereocenters. The summed E-state index contributed by atoms with van der Waals surface area (Å²) in [4.78, 5) is 0. The molecule has 0 N–H and O–H groups in total. The molecule has 6 heteroatoms. The molecule has 0 spiro atoms. The number of benzene rings is 3. The molecular weight excluding hydrogens is 327 g/mol. The van der Waals surface area contributed by atoms with Gasteiger partial charge in [-0.3, -0.25) is 0 Å². The largest absolute Gasteiger partial charge is 1.00 e. The molecule has 0 fully saturated rings. The molecule has 1 nitrogen and oxygen atoms in total. The predicted molar refractivity (Wildman–Crippen MR) is 83.4 cm³/mol. The molecular formula is C17H13BF3KO. The standard InChI is InChI=1S/C17H13BF3O.K/c19-18(20,21)17-15-9-5-4-8-14(15)10-11-16(17)22-12-13-6-2-1-3-7-13;/h1-11H,12H2;/q-1;+1. The number of rotatable bonds is 4. The maximum Gasteiger partial charge on any atom is 1.00 e. The van der Waals surface area contributed by atoms with E-state index in [0.717, 1.165) is 5.56 Å². The van der Waals surface area contributed by atoms with E-state index in [4.69, 9.17) is 4.74 Å². The van der Waals surface area contributed by atoms with Crippen LogP contribution in [0.4, 0.5) is 12.9 Å². The van der Waals surface area contributed by atoms with E-state index in [-0.39, 0.29) is 69.1 Å². The number of hydrogen-bond donors (Lipinski definition) is 0. The van der Waals surface area contributed by atoms with Gasteiger partial charge in [0.15, 0.2) is 0 Å². The van der Waals surface area contributed by atoms with Crippen LogP contribution < -0.4 is 61.6 Å². The molecule has 0 saturated heterocycles. The van der Waals surface area contributed by atoms with Crippen LogP contribution in [-0.2, 0) is 6.61 Å². The molecule has 0 radical (unpaired) electrons. The minimum atomic E-state index is -5.16. The van der Waals surface area contributed by atoms with Gasteiger partial charge in [-0.25, -0.2) is 0 Å². The van der Waals surface area contributed by atoms with Gasteiger partial charge in [0, 0.05) is 0 Å². The second-order valence-electron chi connectivity index (χ2n) is 5.05. The summed E-state index contributed by atoms with van der Waals surface area (Å²) >= 11 is 0. The molecule has 0 aromatic heterocycles. The van der Waals surface area contributed by atoms with E-state index in [1.807, 2.05) is 30.3 Å². The fourth-order valence-corrected chi connectivity index (χ4v) is 2.47. The summed E-state index contributed by atoms with van der Waals surface area (Å²) in [5.74, 6) is -0.116. The molecule has 0 bridgehead atoms. The third-order valence-corrected chi connectivity index (χ3v) is 3.50. The van der Waals surface area contributed by atoms with Gasteiger partial charge >= 0.3 is 58.4 Å². The van der Waals surface area contributed by atoms with Crippen LogP contribution >= 0.6 is 0 Å². The van der Waals surface area contributed by atoms with E-state index in [1.54, 1.807) is 24.3 Å². The first kappa shape index (κ1) is 18.5. The van der Waals surface area contributed by atoms with Crippen LogP contribution in [0.5, 0.6) is 5.75 Å². The van der Waals surface area contributed by atoms with E-state index in [1.165, 1.54) is 12.1 Å². The maximum atomic E-state index is 13.5. The summed E-state index contributed by atoms with van der Waals surface area (Å²) < 4.78 is 45.9. The van der Waals surface area contributed by atoms with E-state index >= 15 is 0 Å². The van der Waals surface area contributed by atoms with Crippen molar-refractivity contribution in [3.05, 3.63) is 72.3 Å². The Morgan fingerprint density at radius 3 is 2.13 bits per heavy atom. The number of halogens is 3. The number of hydrogen-bond acceptors (Lipinski definition) is 1. The second-order valence-corrected chi connectivity index (χ2v) is 5.05. The summed E-state index contributed by atoms with van der Waals surface area (Å²) in [5, 5.41) is 0.740.